The van der Waals surface area contributed by atoms with Gasteiger partial charge in [-0.2, -0.15) is 0 Å². The summed E-state index contributed by atoms with van der Waals surface area (Å²) in [6.45, 7) is 1.33. The zero-order chi connectivity index (χ0) is 19.8. The number of fused-ring (bicyclic) bond motifs is 3. The van der Waals surface area contributed by atoms with Gasteiger partial charge in [-0.05, 0) is 65.6 Å². The first kappa shape index (κ1) is 18.2. The zero-order valence-electron chi connectivity index (χ0n) is 15.7. The summed E-state index contributed by atoms with van der Waals surface area (Å²) in [7, 11) is 0. The van der Waals surface area contributed by atoms with Crippen LogP contribution in [0, 0.1) is 5.82 Å². The highest BCUT2D eigenvalue weighted by molar-refractivity contribution is 6.30. The highest BCUT2D eigenvalue weighted by Gasteiger charge is 2.25. The van der Waals surface area contributed by atoms with E-state index >= 15 is 0 Å². The molecule has 3 nitrogen and oxygen atoms in total. The van der Waals surface area contributed by atoms with Crippen LogP contribution in [0.2, 0.25) is 5.02 Å². The van der Waals surface area contributed by atoms with Crippen LogP contribution in [0.4, 0.5) is 4.39 Å². The molecule has 0 radical (unpaired) electrons. The Hall–Kier alpha value is -2.82. The van der Waals surface area contributed by atoms with Crippen LogP contribution in [0.5, 0.6) is 5.75 Å². The van der Waals surface area contributed by atoms with Crippen molar-refractivity contribution in [3.8, 4) is 5.75 Å². The highest BCUT2D eigenvalue weighted by Crippen LogP contribution is 2.34. The van der Waals surface area contributed by atoms with Gasteiger partial charge in [0.05, 0.1) is 6.04 Å². The molecule has 1 aromatic heterocycles. The molecule has 146 valence electrons. The maximum atomic E-state index is 13.8. The first-order valence-electron chi connectivity index (χ1n) is 9.68. The Bertz CT molecular complexity index is 1170. The Kier molecular flexibility index (Phi) is 4.74. The Balaban J connectivity index is 1.43. The van der Waals surface area contributed by atoms with Gasteiger partial charge < -0.3 is 15.0 Å². The molecule has 29 heavy (non-hydrogen) atoms. The summed E-state index contributed by atoms with van der Waals surface area (Å²) < 4.78 is 19.7. The normalized spacial score (nSPS) is 16.0. The average molecular weight is 407 g/mol. The molecular weight excluding hydrogens is 387 g/mol. The molecule has 2 N–H and O–H groups in total. The Morgan fingerprint density at radius 3 is 2.76 bits per heavy atom. The van der Waals surface area contributed by atoms with Gasteiger partial charge in [0, 0.05) is 28.2 Å². The zero-order valence-corrected chi connectivity index (χ0v) is 16.5. The Morgan fingerprint density at radius 1 is 1.03 bits per heavy atom. The molecular formula is C24H20ClFN2O. The number of aromatic nitrogens is 1. The predicted octanol–water partition coefficient (Wildman–Crippen LogP) is 5.77. The number of halogens is 2. The quantitative estimate of drug-likeness (QED) is 0.451. The van der Waals surface area contributed by atoms with Crippen molar-refractivity contribution < 1.29 is 9.13 Å². The van der Waals surface area contributed by atoms with Gasteiger partial charge >= 0.3 is 0 Å². The van der Waals surface area contributed by atoms with Crippen LogP contribution in [0.15, 0.2) is 66.7 Å². The van der Waals surface area contributed by atoms with Gasteiger partial charge in [-0.3, -0.25) is 0 Å². The van der Waals surface area contributed by atoms with Crippen molar-refractivity contribution in [2.24, 2.45) is 0 Å². The minimum Gasteiger partial charge on any atom is -0.489 e. The molecule has 0 fully saturated rings. The van der Waals surface area contributed by atoms with Crippen molar-refractivity contribution in [1.82, 2.24) is 10.3 Å². The van der Waals surface area contributed by atoms with Crippen LogP contribution in [-0.2, 0) is 13.0 Å². The second-order valence-electron chi connectivity index (χ2n) is 7.33. The number of hydrogen-bond acceptors (Lipinski definition) is 2. The lowest BCUT2D eigenvalue weighted by Crippen LogP contribution is -2.30. The van der Waals surface area contributed by atoms with Crippen LogP contribution < -0.4 is 10.1 Å². The van der Waals surface area contributed by atoms with Crippen LogP contribution in [0.3, 0.4) is 0 Å². The van der Waals surface area contributed by atoms with E-state index in [4.69, 9.17) is 16.3 Å². The number of rotatable bonds is 4. The molecule has 1 unspecified atom stereocenters. The molecule has 0 saturated carbocycles. The number of H-pyrrole nitrogens is 1. The summed E-state index contributed by atoms with van der Waals surface area (Å²) in [5.41, 5.74) is 5.45. The van der Waals surface area contributed by atoms with E-state index < -0.39 is 0 Å². The number of nitrogens with one attached hydrogen (secondary N) is 2. The standard InChI is InChI=1S/C24H20ClFN2O/c25-17-6-4-15(5-7-17)14-29-19-3-1-2-16(12-19)23-24-20(10-11-27-23)21-13-18(26)8-9-22(21)28-24/h1-9,12-13,23,27-28H,10-11,14H2. The first-order valence-corrected chi connectivity index (χ1v) is 10.1. The third-order valence-corrected chi connectivity index (χ3v) is 5.68. The lowest BCUT2D eigenvalue weighted by atomic mass is 9.94. The van der Waals surface area contributed by atoms with Crippen molar-refractivity contribution in [1.29, 1.82) is 0 Å². The molecule has 1 aliphatic heterocycles. The maximum Gasteiger partial charge on any atom is 0.123 e. The monoisotopic (exact) mass is 406 g/mol. The van der Waals surface area contributed by atoms with E-state index in [-0.39, 0.29) is 11.9 Å². The molecule has 5 heteroatoms. The van der Waals surface area contributed by atoms with E-state index in [1.807, 2.05) is 42.5 Å². The number of aromatic amines is 1. The topological polar surface area (TPSA) is 37.0 Å². The van der Waals surface area contributed by atoms with E-state index in [2.05, 4.69) is 22.4 Å². The average Bonchev–Trinajstić information content (AvgIpc) is 3.11. The summed E-state index contributed by atoms with van der Waals surface area (Å²) in [5, 5.41) is 5.27. The summed E-state index contributed by atoms with van der Waals surface area (Å²) in [6.07, 6.45) is 0.877. The Labute approximate surface area is 173 Å². The van der Waals surface area contributed by atoms with Crippen molar-refractivity contribution in [2.75, 3.05) is 6.54 Å². The van der Waals surface area contributed by atoms with E-state index in [1.54, 1.807) is 6.07 Å². The SMILES string of the molecule is Fc1ccc2[nH]c3c(c2c1)CCNC3c1cccc(OCc2ccc(Cl)cc2)c1. The third kappa shape index (κ3) is 3.61. The van der Waals surface area contributed by atoms with E-state index in [0.29, 0.717) is 11.6 Å². The number of hydrogen-bond donors (Lipinski definition) is 2. The van der Waals surface area contributed by atoms with E-state index in [9.17, 15) is 4.39 Å². The molecule has 3 aromatic carbocycles. The van der Waals surface area contributed by atoms with Crippen LogP contribution >= 0.6 is 11.6 Å². The van der Waals surface area contributed by atoms with E-state index in [0.717, 1.165) is 46.4 Å². The molecule has 0 amide bonds. The van der Waals surface area contributed by atoms with Gasteiger partial charge in [-0.25, -0.2) is 4.39 Å². The van der Waals surface area contributed by atoms with Crippen LogP contribution in [-0.4, -0.2) is 11.5 Å². The van der Waals surface area contributed by atoms with E-state index in [1.165, 1.54) is 11.6 Å². The largest absolute Gasteiger partial charge is 0.489 e. The summed E-state index contributed by atoms with van der Waals surface area (Å²) in [6, 6.07) is 20.7. The predicted molar refractivity (Wildman–Crippen MR) is 114 cm³/mol. The molecule has 2 heterocycles. The molecule has 1 atom stereocenters. The van der Waals surface area contributed by atoms with Gasteiger partial charge in [0.1, 0.15) is 18.2 Å². The van der Waals surface area contributed by atoms with Gasteiger partial charge in [0.2, 0.25) is 0 Å². The lowest BCUT2D eigenvalue weighted by Gasteiger charge is -2.25. The number of ether oxygens (including phenoxy) is 1. The second-order valence-corrected chi connectivity index (χ2v) is 7.77. The first-order chi connectivity index (χ1) is 14.2. The Morgan fingerprint density at radius 2 is 1.90 bits per heavy atom. The fourth-order valence-corrected chi connectivity index (χ4v) is 4.14. The molecule has 0 bridgehead atoms. The smallest absolute Gasteiger partial charge is 0.123 e. The molecule has 0 spiro atoms. The minimum absolute atomic E-state index is 0.0216. The number of benzene rings is 3. The summed E-state index contributed by atoms with van der Waals surface area (Å²) in [4.78, 5) is 3.49. The lowest BCUT2D eigenvalue weighted by molar-refractivity contribution is 0.305. The van der Waals surface area contributed by atoms with Crippen LogP contribution in [0.1, 0.15) is 28.4 Å². The molecule has 5 rings (SSSR count). The minimum atomic E-state index is -0.202. The molecule has 0 saturated heterocycles. The van der Waals surface area contributed by atoms with Gasteiger partial charge in [-0.15, -0.1) is 0 Å². The summed E-state index contributed by atoms with van der Waals surface area (Å²) in [5.74, 6) is 0.612. The van der Waals surface area contributed by atoms with Crippen molar-refractivity contribution in [3.63, 3.8) is 0 Å². The van der Waals surface area contributed by atoms with Gasteiger partial charge in [-0.1, -0.05) is 35.9 Å². The highest BCUT2D eigenvalue weighted by atomic mass is 35.5. The molecule has 0 aliphatic carbocycles. The van der Waals surface area contributed by atoms with Gasteiger partial charge in [0.15, 0.2) is 0 Å². The van der Waals surface area contributed by atoms with Gasteiger partial charge in [0.25, 0.3) is 0 Å². The molecule has 4 aromatic rings. The fourth-order valence-electron chi connectivity index (χ4n) is 4.02. The molecule has 1 aliphatic rings. The third-order valence-electron chi connectivity index (χ3n) is 5.42. The van der Waals surface area contributed by atoms with Crippen molar-refractivity contribution >= 4 is 22.5 Å². The maximum absolute atomic E-state index is 13.8. The summed E-state index contributed by atoms with van der Waals surface area (Å²) >= 11 is 5.94. The second kappa shape index (κ2) is 7.54. The fraction of sp³-hybridized carbons (Fsp3) is 0.167. The van der Waals surface area contributed by atoms with Crippen molar-refractivity contribution in [3.05, 3.63) is 100.0 Å². The van der Waals surface area contributed by atoms with Crippen molar-refractivity contribution in [2.45, 2.75) is 19.1 Å². The van der Waals surface area contributed by atoms with Crippen LogP contribution in [0.25, 0.3) is 10.9 Å².